The molecule has 0 aromatic heterocycles. The number of ether oxygens (including phenoxy) is 1. The first-order chi connectivity index (χ1) is 10.5. The lowest BCUT2D eigenvalue weighted by Gasteiger charge is -2.37. The van der Waals surface area contributed by atoms with Crippen molar-refractivity contribution in [2.45, 2.75) is 24.9 Å². The van der Waals surface area contributed by atoms with Crippen molar-refractivity contribution in [3.8, 4) is 0 Å². The average Bonchev–Trinajstić information content (AvgIpc) is 2.47. The van der Waals surface area contributed by atoms with Crippen LogP contribution in [0.4, 0.5) is 0 Å². The average molecular weight is 478 g/mol. The fourth-order valence-electron chi connectivity index (χ4n) is 1.67. The van der Waals surface area contributed by atoms with Crippen molar-refractivity contribution in [1.29, 1.82) is 0 Å². The van der Waals surface area contributed by atoms with E-state index < -0.39 is 14.7 Å². The lowest BCUT2D eigenvalue weighted by Crippen LogP contribution is -2.43. The van der Waals surface area contributed by atoms with Crippen molar-refractivity contribution in [3.63, 3.8) is 0 Å². The molecule has 4 nitrogen and oxygen atoms in total. The van der Waals surface area contributed by atoms with Crippen LogP contribution < -0.4 is 0 Å². The molecule has 0 aliphatic carbocycles. The second kappa shape index (κ2) is 13.6. The Labute approximate surface area is 156 Å². The van der Waals surface area contributed by atoms with E-state index in [2.05, 4.69) is 44.0 Å². The van der Waals surface area contributed by atoms with Gasteiger partial charge in [-0.05, 0) is 33.5 Å². The van der Waals surface area contributed by atoms with Crippen LogP contribution in [0, 0.1) is 0 Å². The molecule has 13 heteroatoms. The summed E-state index contributed by atoms with van der Waals surface area (Å²) >= 11 is 5.07. The lowest BCUT2D eigenvalue weighted by atomic mass is 10.1. The fraction of sp³-hybridized carbons (Fsp3) is 1.00. The first-order valence-electron chi connectivity index (χ1n) is 6.41. The number of rotatable bonds is 10. The third-order valence-corrected chi connectivity index (χ3v) is 16.0. The van der Waals surface area contributed by atoms with Crippen molar-refractivity contribution >= 4 is 80.3 Å². The smallest absolute Gasteiger partial charge is 0.173 e. The van der Waals surface area contributed by atoms with Gasteiger partial charge in [0.15, 0.2) is 6.29 Å². The molecule has 1 saturated heterocycles. The second-order valence-corrected chi connectivity index (χ2v) is 23.4. The molecule has 0 bridgehead atoms. The Morgan fingerprint density at radius 3 is 2.45 bits per heavy atom. The van der Waals surface area contributed by atoms with Crippen LogP contribution in [0.5, 0.6) is 0 Å². The molecule has 0 N–H and O–H groups in total. The van der Waals surface area contributed by atoms with E-state index in [1.807, 2.05) is 11.0 Å². The van der Waals surface area contributed by atoms with Crippen LogP contribution in [0.25, 0.3) is 0 Å². The minimum atomic E-state index is -0.518. The molecule has 9 atom stereocenters. The van der Waals surface area contributed by atoms with Crippen molar-refractivity contribution in [2.75, 3.05) is 33.3 Å². The molecule has 1 aliphatic rings. The first-order valence-corrected chi connectivity index (χ1v) is 21.1. The van der Waals surface area contributed by atoms with E-state index in [4.69, 9.17) is 18.0 Å². The van der Waals surface area contributed by atoms with Crippen LogP contribution in [0.15, 0.2) is 0 Å². The molecular weight excluding hydrogens is 454 g/mol. The molecule has 0 aromatic rings. The van der Waals surface area contributed by atoms with E-state index in [9.17, 15) is 0 Å². The predicted octanol–water partition coefficient (Wildman–Crippen LogP) is 6.35. The molecule has 1 heterocycles. The summed E-state index contributed by atoms with van der Waals surface area (Å²) in [6.07, 6.45) is 0.577. The maximum atomic E-state index is 6.26. The zero-order valence-corrected chi connectivity index (χ0v) is 21.4. The third kappa shape index (κ3) is 9.97. The Hall–Kier alpha value is 3.47. The summed E-state index contributed by atoms with van der Waals surface area (Å²) in [5.74, 6) is 0. The van der Waals surface area contributed by atoms with Crippen LogP contribution >= 0.6 is 80.3 Å². The predicted molar refractivity (Wildman–Crippen MR) is 120 cm³/mol. The van der Waals surface area contributed by atoms with Gasteiger partial charge < -0.3 is 13.8 Å². The third-order valence-electron chi connectivity index (χ3n) is 2.49. The summed E-state index contributed by atoms with van der Waals surface area (Å²) < 4.78 is 23.9. The number of hydrogen-bond acceptors (Lipinski definition) is 7. The minimum Gasteiger partial charge on any atom is -0.349 e. The van der Waals surface area contributed by atoms with Gasteiger partial charge in [0.05, 0.1) is 27.4 Å². The van der Waals surface area contributed by atoms with Gasteiger partial charge in [0, 0.05) is 18.1 Å². The standard InChI is InChI=1S/C9H24O4P6S3/c1-16-22-18(3)11-7-5-9(13-20-19(4)14)10-6-8(7)12-17(2)21-15/h7-9,16H,5-6,14-15H2,1-4H3/t7-,8+,9?,17?,18?,19?/m1/s1. The number of hydrogen-bond donors (Lipinski definition) is 0. The molecule has 0 radical (unpaired) electrons. The molecule has 7 unspecified atom stereocenters. The molecule has 0 amide bonds. The molecule has 0 spiro atoms. The highest BCUT2D eigenvalue weighted by Crippen LogP contribution is 2.59. The second-order valence-electron chi connectivity index (χ2n) is 4.28. The Bertz CT molecular complexity index is 309. The van der Waals surface area contributed by atoms with Gasteiger partial charge in [0.25, 0.3) is 0 Å². The van der Waals surface area contributed by atoms with Gasteiger partial charge in [-0.15, -0.1) is 0 Å². The summed E-state index contributed by atoms with van der Waals surface area (Å²) in [4.78, 5) is 0. The summed E-state index contributed by atoms with van der Waals surface area (Å²) in [6.45, 7) is 8.90. The molecule has 0 saturated carbocycles. The van der Waals surface area contributed by atoms with E-state index in [1.54, 1.807) is 11.0 Å². The van der Waals surface area contributed by atoms with E-state index in [0.717, 1.165) is 14.2 Å². The topological polar surface area (TPSA) is 36.9 Å². The zero-order chi connectivity index (χ0) is 16.5. The van der Waals surface area contributed by atoms with Crippen molar-refractivity contribution in [1.82, 2.24) is 0 Å². The van der Waals surface area contributed by atoms with Gasteiger partial charge in [0.1, 0.15) is 6.10 Å². The Balaban J connectivity index is 2.56. The SMILES string of the molecule is CPSP(C)O[C@@H]1CC(OSP(C)P)OC[C@@H]1OP(C)SP. The minimum absolute atomic E-state index is 0.00103. The Kier molecular flexibility index (Phi) is 14.5. The van der Waals surface area contributed by atoms with E-state index in [1.165, 1.54) is 11.7 Å². The zero-order valence-electron chi connectivity index (χ0n) is 13.0. The van der Waals surface area contributed by atoms with Gasteiger partial charge in [-0.25, -0.2) is 0 Å². The highest BCUT2D eigenvalue weighted by Gasteiger charge is 2.36. The summed E-state index contributed by atoms with van der Waals surface area (Å²) in [5.41, 5.74) is 0. The maximum absolute atomic E-state index is 6.26. The van der Waals surface area contributed by atoms with E-state index >= 15 is 0 Å². The van der Waals surface area contributed by atoms with Gasteiger partial charge in [0.2, 0.25) is 0 Å². The summed E-state index contributed by atoms with van der Waals surface area (Å²) in [6, 6.07) is 0. The molecule has 132 valence electrons. The highest BCUT2D eigenvalue weighted by molar-refractivity contribution is 8.81. The van der Waals surface area contributed by atoms with Crippen LogP contribution in [-0.4, -0.2) is 51.8 Å². The van der Waals surface area contributed by atoms with Crippen LogP contribution in [0.1, 0.15) is 6.42 Å². The van der Waals surface area contributed by atoms with Gasteiger partial charge in [-0.3, -0.25) is 4.18 Å². The monoisotopic (exact) mass is 478 g/mol. The largest absolute Gasteiger partial charge is 0.349 e. The fourth-order valence-corrected chi connectivity index (χ4v) is 9.57. The van der Waals surface area contributed by atoms with Crippen LogP contribution in [-0.2, 0) is 18.0 Å². The molecular formula is C9H24O4P6S3. The maximum Gasteiger partial charge on any atom is 0.173 e. The quantitative estimate of drug-likeness (QED) is 0.268. The lowest BCUT2D eigenvalue weighted by molar-refractivity contribution is -0.161. The Morgan fingerprint density at radius 2 is 1.86 bits per heavy atom. The molecule has 1 fully saturated rings. The molecule has 22 heavy (non-hydrogen) atoms. The summed E-state index contributed by atoms with van der Waals surface area (Å²) in [7, 11) is 5.30. The van der Waals surface area contributed by atoms with E-state index in [-0.39, 0.29) is 25.3 Å². The molecule has 1 rings (SSSR count). The van der Waals surface area contributed by atoms with Crippen LogP contribution in [0.3, 0.4) is 0 Å². The van der Waals surface area contributed by atoms with Crippen molar-refractivity contribution < 1.29 is 18.0 Å². The highest BCUT2D eigenvalue weighted by atomic mass is 33.1. The van der Waals surface area contributed by atoms with Gasteiger partial charge in [-0.2, -0.15) is 0 Å². The van der Waals surface area contributed by atoms with Gasteiger partial charge in [-0.1, -0.05) is 47.2 Å². The van der Waals surface area contributed by atoms with Crippen molar-refractivity contribution in [2.24, 2.45) is 0 Å². The molecule has 1 aliphatic heterocycles. The van der Waals surface area contributed by atoms with Gasteiger partial charge >= 0.3 is 0 Å². The first kappa shape index (κ1) is 23.5. The Morgan fingerprint density at radius 1 is 1.18 bits per heavy atom. The summed E-state index contributed by atoms with van der Waals surface area (Å²) in [5, 5.41) is 0. The van der Waals surface area contributed by atoms with Crippen LogP contribution in [0.2, 0.25) is 0 Å². The van der Waals surface area contributed by atoms with Crippen molar-refractivity contribution in [3.05, 3.63) is 0 Å². The molecule has 0 aromatic carbocycles. The van der Waals surface area contributed by atoms with E-state index in [0.29, 0.717) is 6.61 Å². The normalized spacial score (nSPS) is 30.5.